The van der Waals surface area contributed by atoms with Gasteiger partial charge in [0.05, 0.1) is 13.2 Å². The summed E-state index contributed by atoms with van der Waals surface area (Å²) in [5.41, 5.74) is 0. The maximum atomic E-state index is 10.2. The third-order valence-electron chi connectivity index (χ3n) is 4.23. The molecule has 10 atom stereocenters. The van der Waals surface area contributed by atoms with Crippen LogP contribution in [0.4, 0.5) is 0 Å². The summed E-state index contributed by atoms with van der Waals surface area (Å²) in [6, 6.07) is 0. The second-order valence-corrected chi connectivity index (χ2v) is 5.74. The Labute approximate surface area is 137 Å². The molecule has 0 aromatic heterocycles. The summed E-state index contributed by atoms with van der Waals surface area (Å²) in [6.45, 7) is -1.23. The smallest absolute Gasteiger partial charge is 0.187 e. The van der Waals surface area contributed by atoms with Gasteiger partial charge in [-0.15, -0.1) is 0 Å². The number of hydrogen-bond acceptors (Lipinski definition) is 11. The molecule has 0 radical (unpaired) electrons. The second kappa shape index (κ2) is 8.29. The van der Waals surface area contributed by atoms with Gasteiger partial charge in [-0.1, -0.05) is 0 Å². The molecule has 2 saturated heterocycles. The number of ether oxygens (including phenoxy) is 4. The molecule has 6 unspecified atom stereocenters. The van der Waals surface area contributed by atoms with Gasteiger partial charge in [-0.3, -0.25) is 0 Å². The molecule has 0 aromatic rings. The molecule has 7 N–H and O–H groups in total. The molecule has 2 fully saturated rings. The van der Waals surface area contributed by atoms with Crippen molar-refractivity contribution in [2.24, 2.45) is 0 Å². The fourth-order valence-electron chi connectivity index (χ4n) is 2.83. The van der Waals surface area contributed by atoms with Crippen molar-refractivity contribution in [2.45, 2.75) is 61.4 Å². The maximum absolute atomic E-state index is 10.2. The molecule has 2 rings (SSSR count). The molecule has 2 heterocycles. The third-order valence-corrected chi connectivity index (χ3v) is 4.23. The molecule has 0 aliphatic carbocycles. The topological polar surface area (TPSA) is 179 Å². The fraction of sp³-hybridized carbons (Fsp3) is 1.00. The Morgan fingerprint density at radius 2 is 1.29 bits per heavy atom. The van der Waals surface area contributed by atoms with E-state index in [1.54, 1.807) is 0 Å². The molecule has 24 heavy (non-hydrogen) atoms. The predicted molar refractivity (Wildman–Crippen MR) is 73.4 cm³/mol. The van der Waals surface area contributed by atoms with Crippen molar-refractivity contribution in [1.82, 2.24) is 0 Å². The Morgan fingerprint density at radius 1 is 0.750 bits per heavy atom. The van der Waals surface area contributed by atoms with E-state index >= 15 is 0 Å². The van der Waals surface area contributed by atoms with Gasteiger partial charge in [0.25, 0.3) is 0 Å². The molecule has 0 spiro atoms. The van der Waals surface area contributed by atoms with E-state index < -0.39 is 74.6 Å². The number of hydrogen-bond donors (Lipinski definition) is 7. The minimum atomic E-state index is -1.73. The lowest BCUT2D eigenvalue weighted by atomic mass is 9.97. The molecule has 0 aromatic carbocycles. The van der Waals surface area contributed by atoms with Crippen LogP contribution in [0.1, 0.15) is 0 Å². The first-order chi connectivity index (χ1) is 11.3. The summed E-state index contributed by atoms with van der Waals surface area (Å²) in [7, 11) is 1.23. The highest BCUT2D eigenvalue weighted by Gasteiger charge is 2.50. The zero-order chi connectivity index (χ0) is 18.0. The van der Waals surface area contributed by atoms with E-state index in [1.807, 2.05) is 0 Å². The van der Waals surface area contributed by atoms with Gasteiger partial charge >= 0.3 is 0 Å². The van der Waals surface area contributed by atoms with E-state index in [-0.39, 0.29) is 0 Å². The Morgan fingerprint density at radius 3 is 1.83 bits per heavy atom. The largest absolute Gasteiger partial charge is 0.394 e. The summed E-state index contributed by atoms with van der Waals surface area (Å²) in [4.78, 5) is 0. The lowest BCUT2D eigenvalue weighted by Crippen LogP contribution is -2.64. The van der Waals surface area contributed by atoms with Gasteiger partial charge < -0.3 is 54.7 Å². The van der Waals surface area contributed by atoms with Crippen LogP contribution < -0.4 is 0 Å². The second-order valence-electron chi connectivity index (χ2n) is 5.74. The SMILES string of the molecule is CO[C@H]1C(O)C(CO)OC(O[C@H]2C(O)C(CO)OC(O)[C@H]2O)[C@H]1O. The minimum absolute atomic E-state index is 0.589. The summed E-state index contributed by atoms with van der Waals surface area (Å²) in [5, 5.41) is 68.1. The van der Waals surface area contributed by atoms with Crippen molar-refractivity contribution in [3.8, 4) is 0 Å². The van der Waals surface area contributed by atoms with Crippen LogP contribution in [0.3, 0.4) is 0 Å². The molecule has 142 valence electrons. The zero-order valence-corrected chi connectivity index (χ0v) is 13.0. The van der Waals surface area contributed by atoms with E-state index in [9.17, 15) is 30.6 Å². The van der Waals surface area contributed by atoms with Crippen LogP contribution in [0.15, 0.2) is 0 Å². The van der Waals surface area contributed by atoms with E-state index in [0.717, 1.165) is 0 Å². The quantitative estimate of drug-likeness (QED) is 0.251. The van der Waals surface area contributed by atoms with Crippen molar-refractivity contribution in [2.75, 3.05) is 20.3 Å². The zero-order valence-electron chi connectivity index (χ0n) is 13.0. The van der Waals surface area contributed by atoms with Crippen LogP contribution in [-0.2, 0) is 18.9 Å². The van der Waals surface area contributed by atoms with Crippen molar-refractivity contribution < 1.29 is 54.7 Å². The molecule has 2 aliphatic heterocycles. The highest BCUT2D eigenvalue weighted by Crippen LogP contribution is 2.29. The summed E-state index contributed by atoms with van der Waals surface area (Å²) >= 11 is 0. The van der Waals surface area contributed by atoms with Gasteiger partial charge in [0, 0.05) is 7.11 Å². The predicted octanol–water partition coefficient (Wildman–Crippen LogP) is -4.74. The Bertz CT molecular complexity index is 396. The van der Waals surface area contributed by atoms with Gasteiger partial charge in [-0.2, -0.15) is 0 Å². The molecule has 0 saturated carbocycles. The standard InChI is InChI=1S/C13H24O11/c1-21-10-6(16)5(3-15)23-13(9(10)19)24-11-7(17)4(2-14)22-12(20)8(11)18/h4-20H,2-3H2,1H3/t4?,5?,6?,7?,8-,9-,10-,11-,12?,13?/m0/s1. The number of aliphatic hydroxyl groups is 7. The summed E-state index contributed by atoms with van der Waals surface area (Å²) < 4.78 is 20.4. The van der Waals surface area contributed by atoms with Crippen LogP contribution in [0, 0.1) is 0 Å². The van der Waals surface area contributed by atoms with Gasteiger partial charge in [0.1, 0.15) is 48.8 Å². The minimum Gasteiger partial charge on any atom is -0.394 e. The highest BCUT2D eigenvalue weighted by molar-refractivity contribution is 4.94. The molecule has 11 nitrogen and oxygen atoms in total. The molecule has 0 amide bonds. The normalized spacial score (nSPS) is 50.0. The summed E-state index contributed by atoms with van der Waals surface area (Å²) in [5.74, 6) is 0. The number of aliphatic hydroxyl groups excluding tert-OH is 7. The van der Waals surface area contributed by atoms with E-state index in [0.29, 0.717) is 0 Å². The van der Waals surface area contributed by atoms with Crippen molar-refractivity contribution in [1.29, 1.82) is 0 Å². The number of methoxy groups -OCH3 is 1. The van der Waals surface area contributed by atoms with Crippen LogP contribution >= 0.6 is 0 Å². The molecule has 0 bridgehead atoms. The molecule has 2 aliphatic rings. The van der Waals surface area contributed by atoms with Crippen molar-refractivity contribution in [3.05, 3.63) is 0 Å². The van der Waals surface area contributed by atoms with Crippen molar-refractivity contribution in [3.63, 3.8) is 0 Å². The highest BCUT2D eigenvalue weighted by atomic mass is 16.7. The molecular weight excluding hydrogens is 332 g/mol. The van der Waals surface area contributed by atoms with Crippen LogP contribution in [0.5, 0.6) is 0 Å². The van der Waals surface area contributed by atoms with Crippen LogP contribution in [0.25, 0.3) is 0 Å². The lowest BCUT2D eigenvalue weighted by Gasteiger charge is -2.45. The summed E-state index contributed by atoms with van der Waals surface area (Å²) in [6.07, 6.45) is -14.2. The Balaban J connectivity index is 2.14. The Kier molecular flexibility index (Phi) is 6.87. The van der Waals surface area contributed by atoms with E-state index in [2.05, 4.69) is 0 Å². The fourth-order valence-corrected chi connectivity index (χ4v) is 2.83. The maximum Gasteiger partial charge on any atom is 0.187 e. The average Bonchev–Trinajstić information content (AvgIpc) is 2.57. The van der Waals surface area contributed by atoms with Crippen molar-refractivity contribution >= 4 is 0 Å². The lowest BCUT2D eigenvalue weighted by molar-refractivity contribution is -0.357. The van der Waals surface area contributed by atoms with Crippen LogP contribution in [0.2, 0.25) is 0 Å². The molecule has 11 heteroatoms. The average molecular weight is 356 g/mol. The third kappa shape index (κ3) is 3.71. The first kappa shape index (κ1) is 19.9. The first-order valence-electron chi connectivity index (χ1n) is 7.46. The van der Waals surface area contributed by atoms with Gasteiger partial charge in [-0.05, 0) is 0 Å². The monoisotopic (exact) mass is 356 g/mol. The van der Waals surface area contributed by atoms with Gasteiger partial charge in [0.15, 0.2) is 12.6 Å². The van der Waals surface area contributed by atoms with E-state index in [4.69, 9.17) is 24.1 Å². The first-order valence-corrected chi connectivity index (χ1v) is 7.46. The van der Waals surface area contributed by atoms with E-state index in [1.165, 1.54) is 7.11 Å². The Hall–Kier alpha value is -0.440. The number of rotatable bonds is 5. The van der Waals surface area contributed by atoms with Crippen LogP contribution in [-0.4, -0.2) is 117 Å². The molecular formula is C13H24O11. The van der Waals surface area contributed by atoms with Gasteiger partial charge in [0.2, 0.25) is 0 Å². The van der Waals surface area contributed by atoms with Gasteiger partial charge in [-0.25, -0.2) is 0 Å².